The second-order valence-corrected chi connectivity index (χ2v) is 6.54. The molecule has 1 saturated carbocycles. The molecule has 1 aliphatic carbocycles. The quantitative estimate of drug-likeness (QED) is 0.931. The zero-order valence-corrected chi connectivity index (χ0v) is 13.7. The minimum Gasteiger partial charge on any atom is -0.369 e. The molecule has 0 aromatic carbocycles. The Morgan fingerprint density at radius 1 is 1.29 bits per heavy atom. The first-order valence-electron chi connectivity index (χ1n) is 8.45. The van der Waals surface area contributed by atoms with Crippen LogP contribution in [0.1, 0.15) is 49.2 Å². The van der Waals surface area contributed by atoms with Gasteiger partial charge in [0.25, 0.3) is 0 Å². The van der Waals surface area contributed by atoms with Gasteiger partial charge in [-0.15, -0.1) is 5.10 Å². The van der Waals surface area contributed by atoms with Crippen molar-refractivity contribution in [3.05, 3.63) is 36.0 Å². The Morgan fingerprint density at radius 3 is 2.83 bits per heavy atom. The van der Waals surface area contributed by atoms with Gasteiger partial charge in [-0.1, -0.05) is 0 Å². The molecular formula is C17H21N5O2. The minimum atomic E-state index is -0.322. The van der Waals surface area contributed by atoms with E-state index >= 15 is 0 Å². The molecule has 2 aromatic rings. The van der Waals surface area contributed by atoms with Crippen molar-refractivity contribution in [2.24, 2.45) is 13.0 Å². The van der Waals surface area contributed by atoms with Crippen molar-refractivity contribution >= 4 is 11.7 Å². The van der Waals surface area contributed by atoms with Gasteiger partial charge in [0.15, 0.2) is 5.82 Å². The molecule has 1 N–H and O–H groups in total. The number of carbonyl (C=O) groups is 1. The van der Waals surface area contributed by atoms with E-state index in [1.165, 1.54) is 12.8 Å². The Kier molecular flexibility index (Phi) is 4.02. The van der Waals surface area contributed by atoms with Crippen LogP contribution in [-0.2, 0) is 16.6 Å². The molecule has 0 bridgehead atoms. The van der Waals surface area contributed by atoms with E-state index in [0.29, 0.717) is 18.3 Å². The number of carbonyl (C=O) groups excluding carboxylic acids is 1. The van der Waals surface area contributed by atoms with E-state index in [2.05, 4.69) is 20.5 Å². The lowest BCUT2D eigenvalue weighted by molar-refractivity contribution is -0.130. The van der Waals surface area contributed by atoms with Crippen LogP contribution in [0.5, 0.6) is 0 Å². The number of amides is 1. The topological polar surface area (TPSA) is 81.9 Å². The van der Waals surface area contributed by atoms with Crippen LogP contribution in [0.25, 0.3) is 0 Å². The van der Waals surface area contributed by atoms with Crippen molar-refractivity contribution in [1.29, 1.82) is 0 Å². The van der Waals surface area contributed by atoms with Crippen LogP contribution in [0, 0.1) is 5.92 Å². The summed E-state index contributed by atoms with van der Waals surface area (Å²) < 4.78 is 7.76. The highest BCUT2D eigenvalue weighted by Crippen LogP contribution is 2.38. The summed E-state index contributed by atoms with van der Waals surface area (Å²) in [6.07, 6.45) is 7.28. The Morgan fingerprint density at radius 2 is 2.17 bits per heavy atom. The Hall–Kier alpha value is -2.28. The molecule has 0 unspecified atom stereocenters. The van der Waals surface area contributed by atoms with Gasteiger partial charge in [0.2, 0.25) is 5.91 Å². The summed E-state index contributed by atoms with van der Waals surface area (Å²) in [6.45, 7) is 0.650. The van der Waals surface area contributed by atoms with Crippen molar-refractivity contribution < 1.29 is 9.53 Å². The van der Waals surface area contributed by atoms with E-state index < -0.39 is 0 Å². The molecule has 126 valence electrons. The maximum Gasteiger partial charge on any atom is 0.231 e. The number of hydrogen-bond acceptors (Lipinski definition) is 5. The summed E-state index contributed by atoms with van der Waals surface area (Å²) in [5.74, 6) is 1.47. The highest BCUT2D eigenvalue weighted by molar-refractivity contribution is 5.92. The zero-order chi connectivity index (χ0) is 16.5. The van der Waals surface area contributed by atoms with Crippen LogP contribution in [0.3, 0.4) is 0 Å². The molecule has 1 amide bonds. The summed E-state index contributed by atoms with van der Waals surface area (Å²) in [6, 6.07) is 3.78. The van der Waals surface area contributed by atoms with Crippen molar-refractivity contribution in [2.75, 3.05) is 11.9 Å². The standard InChI is InChI=1S/C17H21N5O2/c1-22-9-8-18-16(22)15-12(3-2-10-24-15)17(23)19-14-7-6-13(20-21-14)11-4-5-11/h6-9,11-12,15H,2-5,10H2,1H3,(H,19,21,23)/t12-,15-/m1/s1. The van der Waals surface area contributed by atoms with Gasteiger partial charge >= 0.3 is 0 Å². The number of hydrogen-bond donors (Lipinski definition) is 1. The fraction of sp³-hybridized carbons (Fsp3) is 0.529. The van der Waals surface area contributed by atoms with E-state index in [0.717, 1.165) is 24.4 Å². The fourth-order valence-corrected chi connectivity index (χ4v) is 3.18. The molecule has 7 nitrogen and oxygen atoms in total. The lowest BCUT2D eigenvalue weighted by atomic mass is 9.92. The van der Waals surface area contributed by atoms with Gasteiger partial charge in [-0.05, 0) is 37.8 Å². The second kappa shape index (κ2) is 6.32. The zero-order valence-electron chi connectivity index (χ0n) is 13.7. The van der Waals surface area contributed by atoms with Gasteiger partial charge in [-0.2, -0.15) is 5.10 Å². The smallest absolute Gasteiger partial charge is 0.231 e. The molecule has 1 saturated heterocycles. The van der Waals surface area contributed by atoms with Gasteiger partial charge in [0.05, 0.1) is 11.6 Å². The molecule has 2 aliphatic rings. The Bertz CT molecular complexity index is 723. The maximum atomic E-state index is 12.7. The Balaban J connectivity index is 1.48. The average Bonchev–Trinajstić information content (AvgIpc) is 3.37. The first kappa shape index (κ1) is 15.3. The third-order valence-electron chi connectivity index (χ3n) is 4.70. The highest BCUT2D eigenvalue weighted by Gasteiger charge is 2.35. The normalized spacial score (nSPS) is 23.9. The number of aromatic nitrogens is 4. The second-order valence-electron chi connectivity index (χ2n) is 6.54. The molecule has 1 aliphatic heterocycles. The number of anilines is 1. The van der Waals surface area contributed by atoms with Gasteiger partial charge in [0.1, 0.15) is 11.9 Å². The van der Waals surface area contributed by atoms with Crippen molar-refractivity contribution in [1.82, 2.24) is 19.7 Å². The molecule has 4 rings (SSSR count). The molecule has 0 radical (unpaired) electrons. The first-order chi connectivity index (χ1) is 11.7. The molecule has 7 heteroatoms. The molecule has 2 aromatic heterocycles. The minimum absolute atomic E-state index is 0.0869. The molecule has 0 spiro atoms. The first-order valence-corrected chi connectivity index (χ1v) is 8.45. The Labute approximate surface area is 140 Å². The number of nitrogens with zero attached hydrogens (tertiary/aromatic N) is 4. The maximum absolute atomic E-state index is 12.7. The van der Waals surface area contributed by atoms with Gasteiger partial charge in [0, 0.05) is 32.0 Å². The van der Waals surface area contributed by atoms with Crippen LogP contribution >= 0.6 is 0 Å². The predicted octanol–water partition coefficient (Wildman–Crippen LogP) is 2.19. The van der Waals surface area contributed by atoms with Crippen molar-refractivity contribution in [3.63, 3.8) is 0 Å². The summed E-state index contributed by atoms with van der Waals surface area (Å²) in [5.41, 5.74) is 1.01. The van der Waals surface area contributed by atoms with Gasteiger partial charge < -0.3 is 14.6 Å². The number of imidazole rings is 1. The van der Waals surface area contributed by atoms with E-state index in [1.807, 2.05) is 29.9 Å². The number of ether oxygens (including phenoxy) is 1. The number of nitrogens with one attached hydrogen (secondary N) is 1. The van der Waals surface area contributed by atoms with Crippen LogP contribution in [-0.4, -0.2) is 32.3 Å². The van der Waals surface area contributed by atoms with E-state index in [4.69, 9.17) is 4.74 Å². The predicted molar refractivity (Wildman–Crippen MR) is 87.3 cm³/mol. The van der Waals surface area contributed by atoms with E-state index in [9.17, 15) is 4.79 Å². The monoisotopic (exact) mass is 327 g/mol. The lowest BCUT2D eigenvalue weighted by Crippen LogP contribution is -2.34. The summed E-state index contributed by atoms with van der Waals surface area (Å²) in [4.78, 5) is 17.1. The fourth-order valence-electron chi connectivity index (χ4n) is 3.18. The summed E-state index contributed by atoms with van der Waals surface area (Å²) in [7, 11) is 1.91. The summed E-state index contributed by atoms with van der Waals surface area (Å²) in [5, 5.41) is 11.2. The molecule has 2 atom stereocenters. The largest absolute Gasteiger partial charge is 0.369 e. The van der Waals surface area contributed by atoms with Crippen LogP contribution in [0.15, 0.2) is 24.5 Å². The van der Waals surface area contributed by atoms with E-state index in [1.54, 1.807) is 6.20 Å². The third kappa shape index (κ3) is 3.03. The average molecular weight is 327 g/mol. The molecule has 3 heterocycles. The van der Waals surface area contributed by atoms with Crippen LogP contribution < -0.4 is 5.32 Å². The van der Waals surface area contributed by atoms with Gasteiger partial charge in [-0.25, -0.2) is 4.98 Å². The highest BCUT2D eigenvalue weighted by atomic mass is 16.5. The molecule has 2 fully saturated rings. The van der Waals surface area contributed by atoms with E-state index in [-0.39, 0.29) is 17.9 Å². The SMILES string of the molecule is Cn1ccnc1[C@@H]1OCCC[C@H]1C(=O)Nc1ccc(C2CC2)nn1. The number of aryl methyl sites for hydroxylation is 1. The lowest BCUT2D eigenvalue weighted by Gasteiger charge is -2.30. The van der Waals surface area contributed by atoms with Gasteiger partial charge in [-0.3, -0.25) is 4.79 Å². The molecular weight excluding hydrogens is 306 g/mol. The van der Waals surface area contributed by atoms with Crippen LogP contribution in [0.2, 0.25) is 0 Å². The summed E-state index contributed by atoms with van der Waals surface area (Å²) >= 11 is 0. The van der Waals surface area contributed by atoms with Crippen LogP contribution in [0.4, 0.5) is 5.82 Å². The van der Waals surface area contributed by atoms with Crippen molar-refractivity contribution in [3.8, 4) is 0 Å². The number of rotatable bonds is 4. The van der Waals surface area contributed by atoms with Crippen molar-refractivity contribution in [2.45, 2.75) is 37.7 Å². The molecule has 24 heavy (non-hydrogen) atoms. The third-order valence-corrected chi connectivity index (χ3v) is 4.70.